The fourth-order valence-electron chi connectivity index (χ4n) is 3.77. The first-order valence-corrected chi connectivity index (χ1v) is 8.40. The van der Waals surface area contributed by atoms with E-state index >= 15 is 0 Å². The van der Waals surface area contributed by atoms with Crippen LogP contribution >= 0.6 is 0 Å². The number of urea groups is 1. The molecule has 0 bridgehead atoms. The van der Waals surface area contributed by atoms with E-state index in [1.165, 1.54) is 6.42 Å². The van der Waals surface area contributed by atoms with Crippen molar-refractivity contribution in [3.63, 3.8) is 0 Å². The van der Waals surface area contributed by atoms with E-state index in [0.717, 1.165) is 32.5 Å². The second kappa shape index (κ2) is 7.31. The number of rotatable bonds is 5. The summed E-state index contributed by atoms with van der Waals surface area (Å²) in [5.41, 5.74) is 0. The van der Waals surface area contributed by atoms with Crippen LogP contribution in [0.5, 0.6) is 0 Å². The Hall–Kier alpha value is -1.30. The lowest BCUT2D eigenvalue weighted by atomic mass is 9.85. The SMILES string of the molecule is CCN(CC(=O)O)C1CC(NC(=O)N2CC(C)CC(C)C2)C1. The van der Waals surface area contributed by atoms with Gasteiger partial charge in [0.1, 0.15) is 0 Å². The fraction of sp³-hybridized carbons (Fsp3) is 0.875. The molecule has 1 aliphatic heterocycles. The number of carbonyl (C=O) groups excluding carboxylic acids is 1. The third kappa shape index (κ3) is 4.35. The summed E-state index contributed by atoms with van der Waals surface area (Å²) in [6.07, 6.45) is 2.90. The molecule has 1 saturated carbocycles. The zero-order valence-corrected chi connectivity index (χ0v) is 13.9. The van der Waals surface area contributed by atoms with E-state index in [1.807, 2.05) is 16.7 Å². The molecule has 22 heavy (non-hydrogen) atoms. The molecule has 1 saturated heterocycles. The molecule has 2 atom stereocenters. The third-order valence-corrected chi connectivity index (χ3v) is 4.86. The first-order valence-electron chi connectivity index (χ1n) is 8.40. The summed E-state index contributed by atoms with van der Waals surface area (Å²) >= 11 is 0. The largest absolute Gasteiger partial charge is 0.480 e. The van der Waals surface area contributed by atoms with Gasteiger partial charge in [-0.1, -0.05) is 20.8 Å². The van der Waals surface area contributed by atoms with Crippen molar-refractivity contribution in [3.8, 4) is 0 Å². The Bertz CT molecular complexity index is 399. The van der Waals surface area contributed by atoms with Crippen LogP contribution in [0.15, 0.2) is 0 Å². The zero-order chi connectivity index (χ0) is 16.3. The van der Waals surface area contributed by atoms with Crippen LogP contribution < -0.4 is 5.32 Å². The van der Waals surface area contributed by atoms with Gasteiger partial charge < -0.3 is 15.3 Å². The molecule has 2 rings (SSSR count). The maximum Gasteiger partial charge on any atom is 0.317 e. The Balaban J connectivity index is 1.75. The molecular weight excluding hydrogens is 282 g/mol. The number of carboxylic acid groups (broad SMARTS) is 1. The van der Waals surface area contributed by atoms with Gasteiger partial charge in [-0.15, -0.1) is 0 Å². The van der Waals surface area contributed by atoms with Crippen molar-refractivity contribution in [2.45, 2.75) is 52.1 Å². The topological polar surface area (TPSA) is 72.9 Å². The number of aliphatic carboxylic acids is 1. The standard InChI is InChI=1S/C16H29N3O3/c1-4-18(10-15(20)21)14-6-13(7-14)17-16(22)19-8-11(2)5-12(3)9-19/h11-14H,4-10H2,1-3H3,(H,17,22)(H,20,21). The van der Waals surface area contributed by atoms with Gasteiger partial charge in [-0.25, -0.2) is 4.79 Å². The van der Waals surface area contributed by atoms with Crippen molar-refractivity contribution in [2.75, 3.05) is 26.2 Å². The van der Waals surface area contributed by atoms with Crippen molar-refractivity contribution in [3.05, 3.63) is 0 Å². The van der Waals surface area contributed by atoms with Gasteiger partial charge in [0.25, 0.3) is 0 Å². The van der Waals surface area contributed by atoms with Gasteiger partial charge in [-0.3, -0.25) is 9.69 Å². The summed E-state index contributed by atoms with van der Waals surface area (Å²) in [6.45, 7) is 8.87. The molecule has 1 heterocycles. The van der Waals surface area contributed by atoms with Crippen molar-refractivity contribution >= 4 is 12.0 Å². The molecule has 0 radical (unpaired) electrons. The maximum atomic E-state index is 12.3. The Morgan fingerprint density at radius 3 is 2.27 bits per heavy atom. The molecule has 2 N–H and O–H groups in total. The average molecular weight is 311 g/mol. The number of carboxylic acids is 1. The molecule has 0 spiro atoms. The number of carbonyl (C=O) groups is 2. The lowest BCUT2D eigenvalue weighted by Gasteiger charge is -2.43. The van der Waals surface area contributed by atoms with E-state index in [4.69, 9.17) is 5.11 Å². The quantitative estimate of drug-likeness (QED) is 0.809. The highest BCUT2D eigenvalue weighted by atomic mass is 16.4. The third-order valence-electron chi connectivity index (χ3n) is 4.86. The van der Waals surface area contributed by atoms with Gasteiger partial charge in [0.05, 0.1) is 6.54 Å². The van der Waals surface area contributed by atoms with Crippen LogP contribution in [0.25, 0.3) is 0 Å². The first-order chi connectivity index (χ1) is 10.4. The van der Waals surface area contributed by atoms with E-state index < -0.39 is 5.97 Å². The molecule has 6 nitrogen and oxygen atoms in total. The molecule has 2 aliphatic rings. The monoisotopic (exact) mass is 311 g/mol. The van der Waals surface area contributed by atoms with E-state index in [1.54, 1.807) is 0 Å². The number of amides is 2. The normalized spacial score (nSPS) is 31.7. The first kappa shape index (κ1) is 17.1. The summed E-state index contributed by atoms with van der Waals surface area (Å²) in [6, 6.07) is 0.515. The zero-order valence-electron chi connectivity index (χ0n) is 13.9. The summed E-state index contributed by atoms with van der Waals surface area (Å²) in [5, 5.41) is 12.0. The second-order valence-corrected chi connectivity index (χ2v) is 7.08. The molecule has 126 valence electrons. The number of likely N-dealkylation sites (N-methyl/N-ethyl adjacent to an activating group) is 1. The minimum atomic E-state index is -0.786. The van der Waals surface area contributed by atoms with Crippen molar-refractivity contribution in [2.24, 2.45) is 11.8 Å². The van der Waals surface area contributed by atoms with Gasteiger partial charge in [-0.05, 0) is 37.6 Å². The molecule has 0 aromatic carbocycles. The lowest BCUT2D eigenvalue weighted by Crippen LogP contribution is -2.58. The summed E-state index contributed by atoms with van der Waals surface area (Å²) in [7, 11) is 0. The second-order valence-electron chi connectivity index (χ2n) is 7.08. The minimum absolute atomic E-state index is 0.0446. The number of nitrogens with zero attached hydrogens (tertiary/aromatic N) is 2. The predicted octanol–water partition coefficient (Wildman–Crippen LogP) is 1.61. The van der Waals surface area contributed by atoms with Crippen LogP contribution in [-0.2, 0) is 4.79 Å². The molecule has 1 aliphatic carbocycles. The van der Waals surface area contributed by atoms with Gasteiger partial charge in [0.2, 0.25) is 0 Å². The van der Waals surface area contributed by atoms with Gasteiger partial charge >= 0.3 is 12.0 Å². The molecule has 0 aromatic heterocycles. The Labute approximate surface area is 132 Å². The molecule has 0 aromatic rings. The van der Waals surface area contributed by atoms with Crippen molar-refractivity contribution in [1.29, 1.82) is 0 Å². The summed E-state index contributed by atoms with van der Waals surface area (Å²) in [4.78, 5) is 27.0. The minimum Gasteiger partial charge on any atom is -0.480 e. The molecule has 6 heteroatoms. The van der Waals surface area contributed by atoms with Gasteiger partial charge in [0.15, 0.2) is 0 Å². The van der Waals surface area contributed by atoms with E-state index in [9.17, 15) is 9.59 Å². The van der Waals surface area contributed by atoms with Crippen molar-refractivity contribution < 1.29 is 14.7 Å². The van der Waals surface area contributed by atoms with Crippen molar-refractivity contribution in [1.82, 2.24) is 15.1 Å². The van der Waals surface area contributed by atoms with Crippen LogP contribution in [0.2, 0.25) is 0 Å². The fourth-order valence-corrected chi connectivity index (χ4v) is 3.77. The number of likely N-dealkylation sites (tertiary alicyclic amines) is 1. The van der Waals surface area contributed by atoms with Crippen LogP contribution in [0.3, 0.4) is 0 Å². The van der Waals surface area contributed by atoms with Gasteiger partial charge in [0, 0.05) is 25.2 Å². The van der Waals surface area contributed by atoms with E-state index in [-0.39, 0.29) is 24.7 Å². The highest BCUT2D eigenvalue weighted by Gasteiger charge is 2.36. The molecule has 2 fully saturated rings. The van der Waals surface area contributed by atoms with E-state index in [0.29, 0.717) is 11.8 Å². The van der Waals surface area contributed by atoms with Crippen LogP contribution in [0, 0.1) is 11.8 Å². The Kier molecular flexibility index (Phi) is 5.67. The molecular formula is C16H29N3O3. The summed E-state index contributed by atoms with van der Waals surface area (Å²) < 4.78 is 0. The number of hydrogen-bond donors (Lipinski definition) is 2. The van der Waals surface area contributed by atoms with Crippen LogP contribution in [-0.4, -0.2) is 65.2 Å². The number of nitrogens with one attached hydrogen (secondary N) is 1. The Morgan fingerprint density at radius 1 is 1.18 bits per heavy atom. The average Bonchev–Trinajstić information content (AvgIpc) is 2.38. The Morgan fingerprint density at radius 2 is 1.77 bits per heavy atom. The summed E-state index contributed by atoms with van der Waals surface area (Å²) in [5.74, 6) is 0.343. The molecule has 2 amide bonds. The van der Waals surface area contributed by atoms with Crippen LogP contribution in [0.1, 0.15) is 40.0 Å². The lowest BCUT2D eigenvalue weighted by molar-refractivity contribution is -0.139. The highest BCUT2D eigenvalue weighted by Crippen LogP contribution is 2.26. The maximum absolute atomic E-state index is 12.3. The predicted molar refractivity (Wildman–Crippen MR) is 84.7 cm³/mol. The van der Waals surface area contributed by atoms with E-state index in [2.05, 4.69) is 19.2 Å². The smallest absolute Gasteiger partial charge is 0.317 e. The van der Waals surface area contributed by atoms with Crippen LogP contribution in [0.4, 0.5) is 4.79 Å². The number of hydrogen-bond acceptors (Lipinski definition) is 3. The number of piperidine rings is 1. The molecule has 2 unspecified atom stereocenters. The van der Waals surface area contributed by atoms with Gasteiger partial charge in [-0.2, -0.15) is 0 Å². The highest BCUT2D eigenvalue weighted by molar-refractivity contribution is 5.74.